The Morgan fingerprint density at radius 2 is 2.17 bits per heavy atom. The van der Waals surface area contributed by atoms with Crippen molar-refractivity contribution in [1.82, 2.24) is 5.43 Å². The Balaban J connectivity index is 1.86. The van der Waals surface area contributed by atoms with E-state index in [0.29, 0.717) is 16.3 Å². The number of hydrazone groups is 1. The van der Waals surface area contributed by atoms with Crippen LogP contribution in [0.25, 0.3) is 0 Å². The molecule has 0 heterocycles. The normalized spacial score (nSPS) is 10.6. The van der Waals surface area contributed by atoms with E-state index >= 15 is 0 Å². The van der Waals surface area contributed by atoms with E-state index in [1.807, 2.05) is 0 Å². The van der Waals surface area contributed by atoms with Crippen molar-refractivity contribution in [3.05, 3.63) is 51.5 Å². The third-order valence-corrected chi connectivity index (χ3v) is 3.87. The third kappa shape index (κ3) is 5.14. The molecule has 0 saturated heterocycles. The van der Waals surface area contributed by atoms with Crippen molar-refractivity contribution in [3.8, 4) is 11.5 Å². The molecule has 0 aliphatic carbocycles. The topological polar surface area (TPSA) is 83.0 Å². The number of phenolic OH excluding ortho intramolecular Hbond substituents is 1. The van der Waals surface area contributed by atoms with Crippen LogP contribution in [0.4, 0.5) is 5.69 Å². The van der Waals surface area contributed by atoms with Crippen LogP contribution < -0.4 is 15.5 Å². The standard InChI is InChI=1S/C16H15BrClN3O3/c1-24-15-6-10(2-5-14(15)22)8-20-21-16(23)9-19-13-4-3-11(18)7-12(13)17/h2-8,19,22H,9H2,1H3,(H,21,23). The van der Waals surface area contributed by atoms with Crippen molar-refractivity contribution in [2.45, 2.75) is 0 Å². The Hall–Kier alpha value is -2.25. The summed E-state index contributed by atoms with van der Waals surface area (Å²) < 4.78 is 5.76. The van der Waals surface area contributed by atoms with Crippen LogP contribution in [-0.2, 0) is 4.79 Å². The van der Waals surface area contributed by atoms with Gasteiger partial charge in [-0.05, 0) is 57.9 Å². The van der Waals surface area contributed by atoms with Crippen molar-refractivity contribution >= 4 is 45.3 Å². The Morgan fingerprint density at radius 3 is 2.88 bits per heavy atom. The fourth-order valence-corrected chi connectivity index (χ4v) is 2.62. The molecule has 0 bridgehead atoms. The summed E-state index contributed by atoms with van der Waals surface area (Å²) in [6.45, 7) is 0.0521. The van der Waals surface area contributed by atoms with Gasteiger partial charge in [-0.15, -0.1) is 0 Å². The van der Waals surface area contributed by atoms with Crippen LogP contribution in [0.15, 0.2) is 46.0 Å². The quantitative estimate of drug-likeness (QED) is 0.502. The highest BCUT2D eigenvalue weighted by atomic mass is 79.9. The Bertz CT molecular complexity index is 768. The number of hydrogen-bond acceptors (Lipinski definition) is 5. The van der Waals surface area contributed by atoms with Crippen molar-refractivity contribution in [2.24, 2.45) is 5.10 Å². The monoisotopic (exact) mass is 411 g/mol. The maximum atomic E-state index is 11.8. The maximum Gasteiger partial charge on any atom is 0.259 e. The van der Waals surface area contributed by atoms with Gasteiger partial charge in [0, 0.05) is 15.2 Å². The summed E-state index contributed by atoms with van der Waals surface area (Å²) in [6, 6.07) is 9.97. The minimum atomic E-state index is -0.307. The zero-order chi connectivity index (χ0) is 17.5. The van der Waals surface area contributed by atoms with Crippen LogP contribution in [0, 0.1) is 0 Å². The second-order valence-corrected chi connectivity index (χ2v) is 5.99. The van der Waals surface area contributed by atoms with Gasteiger partial charge in [-0.25, -0.2) is 5.43 Å². The molecular formula is C16H15BrClN3O3. The predicted octanol–water partition coefficient (Wildman–Crippen LogP) is 3.38. The zero-order valence-corrected chi connectivity index (χ0v) is 15.1. The second kappa shape index (κ2) is 8.56. The lowest BCUT2D eigenvalue weighted by molar-refractivity contribution is -0.119. The average Bonchev–Trinajstić information content (AvgIpc) is 2.55. The number of hydrogen-bond donors (Lipinski definition) is 3. The molecule has 0 fully saturated rings. The van der Waals surface area contributed by atoms with Crippen LogP contribution >= 0.6 is 27.5 Å². The lowest BCUT2D eigenvalue weighted by Gasteiger charge is -2.07. The van der Waals surface area contributed by atoms with Gasteiger partial charge in [-0.3, -0.25) is 4.79 Å². The number of phenols is 1. The van der Waals surface area contributed by atoms with E-state index in [2.05, 4.69) is 31.8 Å². The van der Waals surface area contributed by atoms with Gasteiger partial charge in [0.15, 0.2) is 11.5 Å². The molecular weight excluding hydrogens is 398 g/mol. The molecule has 126 valence electrons. The number of halogens is 2. The molecule has 0 saturated carbocycles. The first-order chi connectivity index (χ1) is 11.5. The average molecular weight is 413 g/mol. The van der Waals surface area contributed by atoms with E-state index in [1.165, 1.54) is 19.4 Å². The molecule has 24 heavy (non-hydrogen) atoms. The highest BCUT2D eigenvalue weighted by molar-refractivity contribution is 9.10. The van der Waals surface area contributed by atoms with E-state index in [0.717, 1.165) is 10.2 Å². The number of ether oxygens (including phenoxy) is 1. The van der Waals surface area contributed by atoms with Gasteiger partial charge in [0.1, 0.15) is 0 Å². The molecule has 1 amide bonds. The van der Waals surface area contributed by atoms with Crippen LogP contribution in [0.5, 0.6) is 11.5 Å². The number of nitrogens with one attached hydrogen (secondary N) is 2. The maximum absolute atomic E-state index is 11.8. The smallest absolute Gasteiger partial charge is 0.259 e. The molecule has 0 spiro atoms. The fourth-order valence-electron chi connectivity index (χ4n) is 1.80. The number of rotatable bonds is 6. The molecule has 2 aromatic rings. The van der Waals surface area contributed by atoms with Gasteiger partial charge in [0.05, 0.1) is 19.9 Å². The Labute approximate surface area is 152 Å². The van der Waals surface area contributed by atoms with Gasteiger partial charge in [0.2, 0.25) is 0 Å². The molecule has 6 nitrogen and oxygen atoms in total. The Morgan fingerprint density at radius 1 is 1.38 bits per heavy atom. The first-order valence-corrected chi connectivity index (χ1v) is 8.04. The number of aromatic hydroxyl groups is 1. The molecule has 2 aromatic carbocycles. The summed E-state index contributed by atoms with van der Waals surface area (Å²) in [6.07, 6.45) is 1.46. The molecule has 8 heteroatoms. The summed E-state index contributed by atoms with van der Waals surface area (Å²) in [5.41, 5.74) is 3.84. The zero-order valence-electron chi connectivity index (χ0n) is 12.7. The van der Waals surface area contributed by atoms with Gasteiger partial charge in [-0.2, -0.15) is 5.10 Å². The van der Waals surface area contributed by atoms with Crippen molar-refractivity contribution in [3.63, 3.8) is 0 Å². The first kappa shape index (κ1) is 18.1. The molecule has 0 unspecified atom stereocenters. The van der Waals surface area contributed by atoms with Gasteiger partial charge >= 0.3 is 0 Å². The van der Waals surface area contributed by atoms with E-state index < -0.39 is 0 Å². The van der Waals surface area contributed by atoms with Gasteiger partial charge < -0.3 is 15.2 Å². The number of nitrogens with zero attached hydrogens (tertiary/aromatic N) is 1. The number of carbonyl (C=O) groups is 1. The summed E-state index contributed by atoms with van der Waals surface area (Å²) in [7, 11) is 1.46. The van der Waals surface area contributed by atoms with Crippen LogP contribution in [0.3, 0.4) is 0 Å². The number of benzene rings is 2. The third-order valence-electron chi connectivity index (χ3n) is 2.98. The second-order valence-electron chi connectivity index (χ2n) is 4.70. The van der Waals surface area contributed by atoms with Gasteiger partial charge in [0.25, 0.3) is 5.91 Å². The lowest BCUT2D eigenvalue weighted by Crippen LogP contribution is -2.26. The van der Waals surface area contributed by atoms with Crippen LogP contribution in [-0.4, -0.2) is 30.9 Å². The van der Waals surface area contributed by atoms with E-state index in [-0.39, 0.29) is 18.2 Å². The van der Waals surface area contributed by atoms with E-state index in [9.17, 15) is 9.90 Å². The van der Waals surface area contributed by atoms with Crippen molar-refractivity contribution in [2.75, 3.05) is 19.0 Å². The minimum Gasteiger partial charge on any atom is -0.504 e. The summed E-state index contributed by atoms with van der Waals surface area (Å²) in [4.78, 5) is 11.8. The molecule has 0 aromatic heterocycles. The molecule has 0 aliphatic heterocycles. The number of methoxy groups -OCH3 is 1. The number of carbonyl (C=O) groups excluding carboxylic acids is 1. The highest BCUT2D eigenvalue weighted by Crippen LogP contribution is 2.26. The largest absolute Gasteiger partial charge is 0.504 e. The van der Waals surface area contributed by atoms with Gasteiger partial charge in [-0.1, -0.05) is 11.6 Å². The molecule has 0 aliphatic rings. The fraction of sp³-hybridized carbons (Fsp3) is 0.125. The lowest BCUT2D eigenvalue weighted by atomic mass is 10.2. The summed E-state index contributed by atoms with van der Waals surface area (Å²) in [5, 5.41) is 16.9. The molecule has 0 atom stereocenters. The number of amides is 1. The van der Waals surface area contributed by atoms with E-state index in [4.69, 9.17) is 16.3 Å². The van der Waals surface area contributed by atoms with Crippen molar-refractivity contribution < 1.29 is 14.6 Å². The molecule has 3 N–H and O–H groups in total. The van der Waals surface area contributed by atoms with Crippen molar-refractivity contribution in [1.29, 1.82) is 0 Å². The SMILES string of the molecule is COc1cc(C=NNC(=O)CNc2ccc(Cl)cc2Br)ccc1O. The van der Waals surface area contributed by atoms with E-state index in [1.54, 1.807) is 30.3 Å². The molecule has 2 rings (SSSR count). The number of anilines is 1. The van der Waals surface area contributed by atoms with Crippen LogP contribution in [0.2, 0.25) is 5.02 Å². The molecule has 0 radical (unpaired) electrons. The predicted molar refractivity (Wildman–Crippen MR) is 98.0 cm³/mol. The highest BCUT2D eigenvalue weighted by Gasteiger charge is 2.04. The Kier molecular flexibility index (Phi) is 6.45. The summed E-state index contributed by atoms with van der Waals surface area (Å²) >= 11 is 9.22. The first-order valence-electron chi connectivity index (χ1n) is 6.87. The minimum absolute atomic E-state index is 0.0384. The summed E-state index contributed by atoms with van der Waals surface area (Å²) in [5.74, 6) is 0.0646. The van der Waals surface area contributed by atoms with Crippen LogP contribution in [0.1, 0.15) is 5.56 Å².